The van der Waals surface area contributed by atoms with E-state index in [0.717, 1.165) is 45.5 Å². The highest BCUT2D eigenvalue weighted by Gasteiger charge is 2.62. The zero-order valence-electron chi connectivity index (χ0n) is 30.7. The molecule has 4 nitrogen and oxygen atoms in total. The normalized spacial score (nSPS) is 25.0. The number of benzene rings is 4. The summed E-state index contributed by atoms with van der Waals surface area (Å²) in [5, 5.41) is 10.7. The predicted octanol–water partition coefficient (Wildman–Crippen LogP) is 12.2. The van der Waals surface area contributed by atoms with Crippen LogP contribution in [0.2, 0.25) is 0 Å². The Morgan fingerprint density at radius 3 is 2.00 bits per heavy atom. The Hall–Kier alpha value is -5.40. The van der Waals surface area contributed by atoms with E-state index in [2.05, 4.69) is 89.9 Å². The molecule has 6 aliphatic rings. The van der Waals surface area contributed by atoms with Crippen molar-refractivity contribution in [3.8, 4) is 62.2 Å². The average Bonchev–Trinajstić information content (AvgIpc) is 3.52. The van der Waals surface area contributed by atoms with Crippen LogP contribution in [0.1, 0.15) is 92.4 Å². The summed E-state index contributed by atoms with van der Waals surface area (Å²) in [5.74, 6) is 4.36. The van der Waals surface area contributed by atoms with Crippen molar-refractivity contribution < 1.29 is 0 Å². The monoisotopic (exact) mass is 700 g/mol. The van der Waals surface area contributed by atoms with Crippen LogP contribution >= 0.6 is 0 Å². The largest absolute Gasteiger partial charge is 0.264 e. The molecule has 54 heavy (non-hydrogen) atoms. The van der Waals surface area contributed by atoms with Gasteiger partial charge in [0.05, 0.1) is 23.0 Å². The molecule has 0 radical (unpaired) electrons. The molecule has 0 amide bonds. The van der Waals surface area contributed by atoms with E-state index in [1.165, 1.54) is 92.0 Å². The van der Waals surface area contributed by atoms with E-state index in [-0.39, 0.29) is 5.41 Å². The first-order chi connectivity index (χ1) is 26.7. The molecule has 0 saturated heterocycles. The highest BCUT2D eigenvalue weighted by molar-refractivity contribution is 5.94. The summed E-state index contributed by atoms with van der Waals surface area (Å²) in [6.07, 6.45) is 16.8. The Balaban J connectivity index is 1.05. The Labute approximate surface area is 318 Å². The summed E-state index contributed by atoms with van der Waals surface area (Å²) < 4.78 is 0. The second kappa shape index (κ2) is 12.6. The summed E-state index contributed by atoms with van der Waals surface area (Å²) in [5.41, 5.74) is 15.4. The Morgan fingerprint density at radius 1 is 0.593 bits per heavy atom. The van der Waals surface area contributed by atoms with E-state index in [4.69, 9.17) is 9.97 Å². The lowest BCUT2D eigenvalue weighted by Gasteiger charge is -2.61. The minimum Gasteiger partial charge on any atom is -0.264 e. The third kappa shape index (κ3) is 4.90. The van der Waals surface area contributed by atoms with Gasteiger partial charge >= 0.3 is 0 Å². The van der Waals surface area contributed by atoms with Crippen LogP contribution in [-0.2, 0) is 5.41 Å². The first kappa shape index (κ1) is 32.1. The molecular formula is C50H44N4. The minimum atomic E-state index is 0.0585. The van der Waals surface area contributed by atoms with Crippen molar-refractivity contribution in [1.82, 2.24) is 15.0 Å². The first-order valence-electron chi connectivity index (χ1n) is 20.4. The molecule has 2 aromatic heterocycles. The van der Waals surface area contributed by atoms with Gasteiger partial charge in [0, 0.05) is 34.5 Å². The fourth-order valence-electron chi connectivity index (χ4n) is 12.2. The molecule has 5 fully saturated rings. The maximum Gasteiger partial charge on any atom is 0.160 e. The Kier molecular flexibility index (Phi) is 7.48. The van der Waals surface area contributed by atoms with E-state index >= 15 is 0 Å². The molecule has 6 aliphatic carbocycles. The number of rotatable bonds is 5. The van der Waals surface area contributed by atoms with E-state index in [1.807, 2.05) is 30.5 Å². The molecule has 2 heterocycles. The second-order valence-electron chi connectivity index (χ2n) is 17.0. The number of pyridine rings is 1. The summed E-state index contributed by atoms with van der Waals surface area (Å²) in [6.45, 7) is 0. The lowest BCUT2D eigenvalue weighted by atomic mass is 9.43. The first-order valence-corrected chi connectivity index (χ1v) is 20.4. The Bertz CT molecular complexity index is 2350. The predicted molar refractivity (Wildman–Crippen MR) is 215 cm³/mol. The van der Waals surface area contributed by atoms with Gasteiger partial charge in [0.25, 0.3) is 0 Å². The molecule has 4 heteroatoms. The number of aromatic nitrogens is 3. The summed E-state index contributed by atoms with van der Waals surface area (Å²) >= 11 is 0. The molecule has 0 unspecified atom stereocenters. The lowest BCUT2D eigenvalue weighted by molar-refractivity contribution is -0.0399. The quantitative estimate of drug-likeness (QED) is 0.180. The number of hydrogen-bond acceptors (Lipinski definition) is 4. The van der Waals surface area contributed by atoms with Crippen LogP contribution in [0.4, 0.5) is 0 Å². The molecule has 12 rings (SSSR count). The third-order valence-corrected chi connectivity index (χ3v) is 14.2. The summed E-state index contributed by atoms with van der Waals surface area (Å²) in [7, 11) is 0. The van der Waals surface area contributed by atoms with Gasteiger partial charge in [-0.3, -0.25) is 4.98 Å². The number of hydrogen-bond donors (Lipinski definition) is 0. The number of fused-ring (bicyclic) bond motifs is 3. The second-order valence-corrected chi connectivity index (χ2v) is 17.0. The molecule has 4 bridgehead atoms. The summed E-state index contributed by atoms with van der Waals surface area (Å²) in [6, 6.07) is 40.1. The maximum absolute atomic E-state index is 10.7. The molecule has 264 valence electrons. The van der Waals surface area contributed by atoms with Gasteiger partial charge in [0.2, 0.25) is 0 Å². The topological polar surface area (TPSA) is 62.5 Å². The fourth-order valence-corrected chi connectivity index (χ4v) is 12.2. The molecule has 0 atom stereocenters. The summed E-state index contributed by atoms with van der Waals surface area (Å²) in [4.78, 5) is 14.4. The molecule has 1 spiro atoms. The third-order valence-electron chi connectivity index (χ3n) is 14.2. The van der Waals surface area contributed by atoms with Crippen molar-refractivity contribution in [2.24, 2.45) is 23.7 Å². The van der Waals surface area contributed by atoms with Crippen molar-refractivity contribution in [2.75, 3.05) is 0 Å². The standard InChI is InChI=1S/C50H44N4/c51-29-38-26-43-45(27-42(38)33-9-3-1-4-10-33)50(39-22-31-21-32(24-39)25-40(50)23-31)44-15-7-14-41(48(43)44)34-16-18-35(19-17-34)46-28-47(37-13-8-20-52-30-37)54-49(53-46)36-11-5-2-6-12-36/h2,5-8,11-20,26-28,30-33,39-40H,1,3-4,9-10,21-25H2. The molecule has 0 N–H and O–H groups in total. The Morgan fingerprint density at radius 2 is 1.30 bits per heavy atom. The average molecular weight is 701 g/mol. The molecule has 6 aromatic rings. The van der Waals surface area contributed by atoms with E-state index in [9.17, 15) is 5.26 Å². The van der Waals surface area contributed by atoms with Gasteiger partial charge in [-0.25, -0.2) is 9.97 Å². The highest BCUT2D eigenvalue weighted by Crippen LogP contribution is 2.70. The number of nitriles is 1. The van der Waals surface area contributed by atoms with Gasteiger partial charge in [-0.1, -0.05) is 98.1 Å². The molecule has 4 aromatic carbocycles. The highest BCUT2D eigenvalue weighted by atomic mass is 14.9. The van der Waals surface area contributed by atoms with E-state index < -0.39 is 0 Å². The van der Waals surface area contributed by atoms with Crippen LogP contribution in [0.3, 0.4) is 0 Å². The van der Waals surface area contributed by atoms with Gasteiger partial charge in [-0.2, -0.15) is 5.26 Å². The van der Waals surface area contributed by atoms with E-state index in [1.54, 1.807) is 17.3 Å². The van der Waals surface area contributed by atoms with Gasteiger partial charge in [-0.05, 0) is 138 Å². The number of nitrogens with zero attached hydrogens (tertiary/aromatic N) is 4. The molecule has 5 saturated carbocycles. The van der Waals surface area contributed by atoms with Crippen molar-refractivity contribution in [3.63, 3.8) is 0 Å². The van der Waals surface area contributed by atoms with Gasteiger partial charge in [0.1, 0.15) is 0 Å². The fraction of sp³-hybridized carbons (Fsp3) is 0.320. The molecular weight excluding hydrogens is 657 g/mol. The smallest absolute Gasteiger partial charge is 0.160 e. The van der Waals surface area contributed by atoms with Gasteiger partial charge in [0.15, 0.2) is 5.82 Å². The minimum absolute atomic E-state index is 0.0585. The van der Waals surface area contributed by atoms with Gasteiger partial charge in [-0.15, -0.1) is 0 Å². The van der Waals surface area contributed by atoms with Crippen molar-refractivity contribution in [3.05, 3.63) is 138 Å². The van der Waals surface area contributed by atoms with Crippen LogP contribution in [0, 0.1) is 35.0 Å². The van der Waals surface area contributed by atoms with Crippen LogP contribution in [-0.4, -0.2) is 15.0 Å². The zero-order chi connectivity index (χ0) is 35.8. The van der Waals surface area contributed by atoms with Crippen molar-refractivity contribution in [2.45, 2.75) is 75.5 Å². The van der Waals surface area contributed by atoms with Crippen molar-refractivity contribution >= 4 is 0 Å². The lowest BCUT2D eigenvalue weighted by Crippen LogP contribution is -2.55. The van der Waals surface area contributed by atoms with E-state index in [0.29, 0.717) is 23.6 Å². The van der Waals surface area contributed by atoms with Crippen LogP contribution in [0.15, 0.2) is 116 Å². The van der Waals surface area contributed by atoms with Crippen LogP contribution in [0.5, 0.6) is 0 Å². The van der Waals surface area contributed by atoms with Crippen molar-refractivity contribution in [1.29, 1.82) is 5.26 Å². The SMILES string of the molecule is N#Cc1cc2c(cc1C1CCCCC1)C1(c3cccc(-c4ccc(-c5cc(-c6cccnc6)nc(-c6ccccc6)n5)cc4)c3-2)C2CC3CC(C2)CC1C3. The molecule has 0 aliphatic heterocycles. The van der Waals surface area contributed by atoms with Crippen LogP contribution < -0.4 is 0 Å². The van der Waals surface area contributed by atoms with Gasteiger partial charge < -0.3 is 0 Å². The van der Waals surface area contributed by atoms with Crippen LogP contribution in [0.25, 0.3) is 56.2 Å². The maximum atomic E-state index is 10.7. The zero-order valence-corrected chi connectivity index (χ0v) is 30.7.